The Balaban J connectivity index is 1.69. The van der Waals surface area contributed by atoms with Gasteiger partial charge in [-0.15, -0.1) is 5.10 Å². The third-order valence-corrected chi connectivity index (χ3v) is 3.90. The smallest absolute Gasteiger partial charge is 0.387 e. The van der Waals surface area contributed by atoms with Crippen LogP contribution in [0.1, 0.15) is 15.9 Å². The van der Waals surface area contributed by atoms with E-state index in [2.05, 4.69) is 36.1 Å². The molecule has 6 nitrogen and oxygen atoms in total. The highest BCUT2D eigenvalue weighted by atomic mass is 79.9. The lowest BCUT2D eigenvalue weighted by molar-refractivity contribution is -0.0501. The summed E-state index contributed by atoms with van der Waals surface area (Å²) in [6.45, 7) is -2.55. The van der Waals surface area contributed by atoms with E-state index in [0.29, 0.717) is 6.54 Å². The lowest BCUT2D eigenvalue weighted by Crippen LogP contribution is -2.16. The van der Waals surface area contributed by atoms with E-state index < -0.39 is 12.5 Å². The van der Waals surface area contributed by atoms with Crippen LogP contribution in [0.25, 0.3) is 0 Å². The maximum Gasteiger partial charge on any atom is 0.387 e. The zero-order valence-electron chi connectivity index (χ0n) is 13.3. The molecule has 0 bridgehead atoms. The highest BCUT2D eigenvalue weighted by Crippen LogP contribution is 2.21. The third-order valence-electron chi connectivity index (χ3n) is 3.37. The number of aromatic nitrogens is 3. The number of hydrogen-bond acceptors (Lipinski definition) is 4. The highest BCUT2D eigenvalue weighted by molar-refractivity contribution is 9.10. The minimum absolute atomic E-state index is 0.0305. The van der Waals surface area contributed by atoms with E-state index in [9.17, 15) is 13.6 Å². The van der Waals surface area contributed by atoms with Gasteiger partial charge >= 0.3 is 6.61 Å². The molecule has 0 saturated heterocycles. The first kappa shape index (κ1) is 18.0. The SMILES string of the molecule is O=C(Nc1ncn(Cc2ccc(Br)cc2)n1)c1ccccc1OC(F)F. The summed E-state index contributed by atoms with van der Waals surface area (Å²) in [5.41, 5.74) is 0.976. The summed E-state index contributed by atoms with van der Waals surface area (Å²) in [6, 6.07) is 13.4. The summed E-state index contributed by atoms with van der Waals surface area (Å²) in [4.78, 5) is 16.3. The summed E-state index contributed by atoms with van der Waals surface area (Å²) < 4.78 is 31.8. The summed E-state index contributed by atoms with van der Waals surface area (Å²) in [5, 5.41) is 6.63. The molecule has 1 N–H and O–H groups in total. The van der Waals surface area contributed by atoms with Gasteiger partial charge in [-0.1, -0.05) is 40.2 Å². The first-order valence-corrected chi connectivity index (χ1v) is 8.29. The second-order valence-corrected chi connectivity index (χ2v) is 6.14. The minimum Gasteiger partial charge on any atom is -0.434 e. The second-order valence-electron chi connectivity index (χ2n) is 5.22. The van der Waals surface area contributed by atoms with Crippen molar-refractivity contribution in [3.63, 3.8) is 0 Å². The van der Waals surface area contributed by atoms with Crippen LogP contribution in [0.3, 0.4) is 0 Å². The van der Waals surface area contributed by atoms with E-state index in [1.807, 2.05) is 24.3 Å². The fourth-order valence-corrected chi connectivity index (χ4v) is 2.49. The van der Waals surface area contributed by atoms with Crippen LogP contribution in [0.4, 0.5) is 14.7 Å². The topological polar surface area (TPSA) is 69.0 Å². The van der Waals surface area contributed by atoms with Gasteiger partial charge in [-0.3, -0.25) is 10.1 Å². The van der Waals surface area contributed by atoms with Crippen molar-refractivity contribution in [2.75, 3.05) is 5.32 Å². The number of alkyl halides is 2. The number of nitrogens with one attached hydrogen (secondary N) is 1. The van der Waals surface area contributed by atoms with Crippen LogP contribution in [0.5, 0.6) is 5.75 Å². The maximum absolute atomic E-state index is 12.4. The van der Waals surface area contributed by atoms with Gasteiger partial charge in [-0.25, -0.2) is 9.67 Å². The fourth-order valence-electron chi connectivity index (χ4n) is 2.23. The predicted octanol–water partition coefficient (Wildman–Crippen LogP) is 3.94. The number of rotatable bonds is 6. The van der Waals surface area contributed by atoms with Crippen molar-refractivity contribution in [2.45, 2.75) is 13.2 Å². The van der Waals surface area contributed by atoms with Gasteiger partial charge in [0.1, 0.15) is 12.1 Å². The van der Waals surface area contributed by atoms with E-state index >= 15 is 0 Å². The molecule has 0 unspecified atom stereocenters. The molecule has 0 radical (unpaired) electrons. The maximum atomic E-state index is 12.4. The van der Waals surface area contributed by atoms with Crippen molar-refractivity contribution < 1.29 is 18.3 Å². The molecule has 9 heteroatoms. The van der Waals surface area contributed by atoms with Crippen molar-refractivity contribution >= 4 is 27.8 Å². The van der Waals surface area contributed by atoms with Gasteiger partial charge in [0.2, 0.25) is 5.95 Å². The largest absolute Gasteiger partial charge is 0.434 e. The molecule has 1 amide bonds. The Morgan fingerprint density at radius 2 is 1.92 bits per heavy atom. The van der Waals surface area contributed by atoms with Gasteiger partial charge in [0, 0.05) is 4.47 Å². The fraction of sp³-hybridized carbons (Fsp3) is 0.118. The van der Waals surface area contributed by atoms with Crippen LogP contribution >= 0.6 is 15.9 Å². The molecular formula is C17H13BrF2N4O2. The third kappa shape index (κ3) is 4.63. The molecule has 0 saturated carbocycles. The molecule has 134 valence electrons. The van der Waals surface area contributed by atoms with Crippen LogP contribution < -0.4 is 10.1 Å². The minimum atomic E-state index is -3.02. The number of ether oxygens (including phenoxy) is 1. The molecule has 1 heterocycles. The van der Waals surface area contributed by atoms with E-state index in [-0.39, 0.29) is 17.3 Å². The van der Waals surface area contributed by atoms with E-state index in [0.717, 1.165) is 10.0 Å². The van der Waals surface area contributed by atoms with Crippen LogP contribution in [0, 0.1) is 0 Å². The molecule has 3 aromatic rings. The molecule has 0 atom stereocenters. The Kier molecular flexibility index (Phi) is 5.57. The summed E-state index contributed by atoms with van der Waals surface area (Å²) >= 11 is 3.37. The number of anilines is 1. The summed E-state index contributed by atoms with van der Waals surface area (Å²) in [5.74, 6) is -0.782. The molecule has 0 aliphatic heterocycles. The summed E-state index contributed by atoms with van der Waals surface area (Å²) in [6.07, 6.45) is 1.47. The Labute approximate surface area is 155 Å². The lowest BCUT2D eigenvalue weighted by Gasteiger charge is -2.09. The molecule has 2 aromatic carbocycles. The predicted molar refractivity (Wildman–Crippen MR) is 94.3 cm³/mol. The monoisotopic (exact) mass is 422 g/mol. The molecule has 0 spiro atoms. The number of nitrogens with zero attached hydrogens (tertiary/aromatic N) is 3. The van der Waals surface area contributed by atoms with E-state index in [4.69, 9.17) is 0 Å². The van der Waals surface area contributed by atoms with Crippen LogP contribution in [-0.2, 0) is 6.54 Å². The standard InChI is InChI=1S/C17H13BrF2N4O2/c18-12-7-5-11(6-8-12)9-24-10-21-17(23-24)22-15(25)13-3-1-2-4-14(13)26-16(19)20/h1-8,10,16H,9H2,(H,22,23,25). The number of halogens is 3. The van der Waals surface area contributed by atoms with Gasteiger partial charge in [0.15, 0.2) is 0 Å². The van der Waals surface area contributed by atoms with Crippen LogP contribution in [0.15, 0.2) is 59.3 Å². The van der Waals surface area contributed by atoms with Gasteiger partial charge in [-0.2, -0.15) is 8.78 Å². The lowest BCUT2D eigenvalue weighted by atomic mass is 10.2. The number of amides is 1. The molecule has 0 fully saturated rings. The average molecular weight is 423 g/mol. The number of carbonyl (C=O) groups is 1. The molecule has 26 heavy (non-hydrogen) atoms. The van der Waals surface area contributed by atoms with E-state index in [1.54, 1.807) is 10.7 Å². The van der Waals surface area contributed by atoms with Gasteiger partial charge in [0.25, 0.3) is 5.91 Å². The van der Waals surface area contributed by atoms with Gasteiger partial charge < -0.3 is 4.74 Å². The number of carbonyl (C=O) groups excluding carboxylic acids is 1. The van der Waals surface area contributed by atoms with Crippen molar-refractivity contribution in [1.82, 2.24) is 14.8 Å². The Morgan fingerprint density at radius 1 is 1.19 bits per heavy atom. The Morgan fingerprint density at radius 3 is 2.65 bits per heavy atom. The molecular weight excluding hydrogens is 410 g/mol. The zero-order valence-corrected chi connectivity index (χ0v) is 14.9. The Bertz CT molecular complexity index is 900. The number of benzene rings is 2. The van der Waals surface area contributed by atoms with Crippen LogP contribution in [-0.4, -0.2) is 27.3 Å². The normalized spacial score (nSPS) is 10.8. The molecule has 0 aliphatic carbocycles. The number of hydrogen-bond donors (Lipinski definition) is 1. The Hall–Kier alpha value is -2.81. The first-order valence-electron chi connectivity index (χ1n) is 7.50. The average Bonchev–Trinajstić information content (AvgIpc) is 3.04. The van der Waals surface area contributed by atoms with Crippen molar-refractivity contribution in [1.29, 1.82) is 0 Å². The summed E-state index contributed by atoms with van der Waals surface area (Å²) in [7, 11) is 0. The van der Waals surface area contributed by atoms with Crippen molar-refractivity contribution in [3.8, 4) is 5.75 Å². The second kappa shape index (κ2) is 8.05. The van der Waals surface area contributed by atoms with Gasteiger partial charge in [-0.05, 0) is 29.8 Å². The van der Waals surface area contributed by atoms with Crippen LogP contribution in [0.2, 0.25) is 0 Å². The highest BCUT2D eigenvalue weighted by Gasteiger charge is 2.16. The molecule has 3 rings (SSSR count). The number of para-hydroxylation sites is 1. The first-order chi connectivity index (χ1) is 12.5. The van der Waals surface area contributed by atoms with E-state index in [1.165, 1.54) is 24.5 Å². The van der Waals surface area contributed by atoms with Gasteiger partial charge in [0.05, 0.1) is 12.1 Å². The van der Waals surface area contributed by atoms with Crippen molar-refractivity contribution in [3.05, 3.63) is 70.5 Å². The molecule has 1 aromatic heterocycles. The van der Waals surface area contributed by atoms with Crippen molar-refractivity contribution in [2.24, 2.45) is 0 Å². The quantitative estimate of drug-likeness (QED) is 0.652. The molecule has 0 aliphatic rings. The zero-order chi connectivity index (χ0) is 18.5.